The predicted molar refractivity (Wildman–Crippen MR) is 45.8 cm³/mol. The number of halogens is 2. The van der Waals surface area contributed by atoms with Gasteiger partial charge in [-0.15, -0.1) is 15.5 Å². The SMILES string of the molecule is Cc1nn(C)c(CCl)c1S(=O)(=O)F. The van der Waals surface area contributed by atoms with Gasteiger partial charge >= 0.3 is 10.2 Å². The van der Waals surface area contributed by atoms with Crippen LogP contribution >= 0.6 is 11.6 Å². The summed E-state index contributed by atoms with van der Waals surface area (Å²) in [6.45, 7) is 1.42. The average molecular weight is 227 g/mol. The van der Waals surface area contributed by atoms with Crippen LogP contribution in [0.4, 0.5) is 3.89 Å². The third kappa shape index (κ3) is 1.83. The van der Waals surface area contributed by atoms with Crippen molar-refractivity contribution in [3.8, 4) is 0 Å². The molecule has 0 amide bonds. The number of aromatic nitrogens is 2. The quantitative estimate of drug-likeness (QED) is 0.561. The molecule has 0 spiro atoms. The van der Waals surface area contributed by atoms with Crippen molar-refractivity contribution >= 4 is 21.8 Å². The Balaban J connectivity index is 3.52. The van der Waals surface area contributed by atoms with E-state index in [1.54, 1.807) is 0 Å². The van der Waals surface area contributed by atoms with Crippen LogP contribution in [0, 0.1) is 6.92 Å². The van der Waals surface area contributed by atoms with Crippen molar-refractivity contribution in [2.75, 3.05) is 0 Å². The number of hydrogen-bond donors (Lipinski definition) is 0. The van der Waals surface area contributed by atoms with Crippen LogP contribution in [-0.4, -0.2) is 18.2 Å². The molecular weight excluding hydrogens is 219 g/mol. The standard InChI is InChI=1S/C6H8ClFN2O2S/c1-4-6(13(8,11)12)5(3-7)10(2)9-4/h3H2,1-2H3. The molecule has 0 saturated carbocycles. The maximum absolute atomic E-state index is 12.7. The molecule has 0 fully saturated rings. The lowest BCUT2D eigenvalue weighted by Gasteiger charge is -1.97. The summed E-state index contributed by atoms with van der Waals surface area (Å²) in [7, 11) is -3.21. The van der Waals surface area contributed by atoms with Crippen LogP contribution in [-0.2, 0) is 23.2 Å². The molecule has 0 unspecified atom stereocenters. The number of hydrogen-bond acceptors (Lipinski definition) is 3. The first-order valence-electron chi connectivity index (χ1n) is 3.41. The van der Waals surface area contributed by atoms with Gasteiger partial charge in [0.15, 0.2) is 0 Å². The van der Waals surface area contributed by atoms with E-state index < -0.39 is 15.1 Å². The Morgan fingerprint density at radius 2 is 2.15 bits per heavy atom. The average Bonchev–Trinajstić information content (AvgIpc) is 2.23. The van der Waals surface area contributed by atoms with Crippen molar-refractivity contribution in [2.45, 2.75) is 17.7 Å². The Bertz CT molecular complexity index is 426. The maximum atomic E-state index is 12.7. The third-order valence-corrected chi connectivity index (χ3v) is 2.92. The van der Waals surface area contributed by atoms with Gasteiger partial charge in [-0.2, -0.15) is 13.5 Å². The normalized spacial score (nSPS) is 12.0. The van der Waals surface area contributed by atoms with Crippen LogP contribution in [0.15, 0.2) is 4.90 Å². The smallest absolute Gasteiger partial charge is 0.270 e. The number of alkyl halides is 1. The van der Waals surface area contributed by atoms with Crippen LogP contribution in [0.5, 0.6) is 0 Å². The Labute approximate surface area is 80.5 Å². The Morgan fingerprint density at radius 3 is 2.46 bits per heavy atom. The number of aryl methyl sites for hydroxylation is 2. The van der Waals surface area contributed by atoms with E-state index in [0.29, 0.717) is 0 Å². The van der Waals surface area contributed by atoms with Crippen molar-refractivity contribution in [2.24, 2.45) is 7.05 Å². The topological polar surface area (TPSA) is 52.0 Å². The molecule has 0 atom stereocenters. The van der Waals surface area contributed by atoms with Gasteiger partial charge < -0.3 is 0 Å². The fraction of sp³-hybridized carbons (Fsp3) is 0.500. The number of nitrogens with zero attached hydrogens (tertiary/aromatic N) is 2. The summed E-state index contributed by atoms with van der Waals surface area (Å²) in [6, 6.07) is 0. The van der Waals surface area contributed by atoms with Crippen molar-refractivity contribution in [1.29, 1.82) is 0 Å². The van der Waals surface area contributed by atoms with Gasteiger partial charge in [0.1, 0.15) is 4.90 Å². The van der Waals surface area contributed by atoms with E-state index in [9.17, 15) is 12.3 Å². The summed E-state index contributed by atoms with van der Waals surface area (Å²) < 4.78 is 35.3. The highest BCUT2D eigenvalue weighted by molar-refractivity contribution is 7.86. The summed E-state index contributed by atoms with van der Waals surface area (Å²) in [6.07, 6.45) is 0. The molecule has 0 aromatic carbocycles. The highest BCUT2D eigenvalue weighted by Gasteiger charge is 2.24. The second kappa shape index (κ2) is 3.26. The largest absolute Gasteiger partial charge is 0.335 e. The van der Waals surface area contributed by atoms with E-state index in [-0.39, 0.29) is 17.3 Å². The molecule has 0 bridgehead atoms. The molecule has 74 valence electrons. The van der Waals surface area contributed by atoms with Crippen molar-refractivity contribution in [3.63, 3.8) is 0 Å². The molecule has 0 aliphatic heterocycles. The first kappa shape index (κ1) is 10.5. The van der Waals surface area contributed by atoms with Gasteiger partial charge in [-0.05, 0) is 6.92 Å². The van der Waals surface area contributed by atoms with Gasteiger partial charge in [0.2, 0.25) is 0 Å². The maximum Gasteiger partial charge on any atom is 0.335 e. The minimum atomic E-state index is -4.72. The summed E-state index contributed by atoms with van der Waals surface area (Å²) >= 11 is 5.46. The van der Waals surface area contributed by atoms with E-state index >= 15 is 0 Å². The predicted octanol–water partition coefficient (Wildman–Crippen LogP) is 1.13. The van der Waals surface area contributed by atoms with Gasteiger partial charge in [-0.1, -0.05) is 0 Å². The summed E-state index contributed by atoms with van der Waals surface area (Å²) in [4.78, 5) is -0.412. The van der Waals surface area contributed by atoms with Crippen LogP contribution in [0.1, 0.15) is 11.4 Å². The highest BCUT2D eigenvalue weighted by atomic mass is 35.5. The lowest BCUT2D eigenvalue weighted by molar-refractivity contribution is 0.550. The molecule has 1 rings (SSSR count). The fourth-order valence-electron chi connectivity index (χ4n) is 1.15. The molecule has 0 N–H and O–H groups in total. The van der Waals surface area contributed by atoms with Gasteiger partial charge in [-0.25, -0.2) is 0 Å². The van der Waals surface area contributed by atoms with Crippen LogP contribution in [0.2, 0.25) is 0 Å². The van der Waals surface area contributed by atoms with E-state index in [0.717, 1.165) is 0 Å². The first-order valence-corrected chi connectivity index (χ1v) is 5.33. The molecule has 0 radical (unpaired) electrons. The zero-order valence-corrected chi connectivity index (χ0v) is 8.65. The molecule has 4 nitrogen and oxygen atoms in total. The van der Waals surface area contributed by atoms with Crippen molar-refractivity contribution in [3.05, 3.63) is 11.4 Å². The van der Waals surface area contributed by atoms with E-state index in [2.05, 4.69) is 5.10 Å². The monoisotopic (exact) mass is 226 g/mol. The van der Waals surface area contributed by atoms with Gasteiger partial charge in [0.05, 0.1) is 17.3 Å². The Kier molecular flexibility index (Phi) is 2.63. The Morgan fingerprint density at radius 1 is 1.62 bits per heavy atom. The molecule has 0 aliphatic carbocycles. The van der Waals surface area contributed by atoms with Gasteiger partial charge in [-0.3, -0.25) is 4.68 Å². The fourth-order valence-corrected chi connectivity index (χ4v) is 2.42. The molecule has 1 heterocycles. The second-order valence-corrected chi connectivity index (χ2v) is 4.11. The zero-order chi connectivity index (χ0) is 10.2. The third-order valence-electron chi connectivity index (χ3n) is 1.65. The molecular formula is C6H8ClFN2O2S. The van der Waals surface area contributed by atoms with Crippen molar-refractivity contribution < 1.29 is 12.3 Å². The summed E-state index contributed by atoms with van der Waals surface area (Å²) in [5.41, 5.74) is 0.294. The number of rotatable bonds is 2. The molecule has 0 aliphatic rings. The van der Waals surface area contributed by atoms with Crippen molar-refractivity contribution in [1.82, 2.24) is 9.78 Å². The molecule has 1 aromatic heterocycles. The lowest BCUT2D eigenvalue weighted by Crippen LogP contribution is -2.00. The van der Waals surface area contributed by atoms with Gasteiger partial charge in [0.25, 0.3) is 0 Å². The van der Waals surface area contributed by atoms with Gasteiger partial charge in [0, 0.05) is 7.05 Å². The second-order valence-electron chi connectivity index (χ2n) is 2.56. The highest BCUT2D eigenvalue weighted by Crippen LogP contribution is 2.22. The summed E-state index contributed by atoms with van der Waals surface area (Å²) in [5, 5.41) is 3.76. The minimum absolute atomic E-state index is 0.0875. The molecule has 1 aromatic rings. The van der Waals surface area contributed by atoms with Crippen LogP contribution in [0.25, 0.3) is 0 Å². The van der Waals surface area contributed by atoms with Crippen LogP contribution < -0.4 is 0 Å². The lowest BCUT2D eigenvalue weighted by atomic mass is 10.4. The molecule has 0 saturated heterocycles. The first-order chi connectivity index (χ1) is 5.88. The van der Waals surface area contributed by atoms with E-state index in [1.807, 2.05) is 0 Å². The summed E-state index contributed by atoms with van der Waals surface area (Å²) in [5.74, 6) is -0.0875. The van der Waals surface area contributed by atoms with Crippen LogP contribution in [0.3, 0.4) is 0 Å². The minimum Gasteiger partial charge on any atom is -0.270 e. The van der Waals surface area contributed by atoms with E-state index in [4.69, 9.17) is 11.6 Å². The zero-order valence-electron chi connectivity index (χ0n) is 7.08. The van der Waals surface area contributed by atoms with E-state index in [1.165, 1.54) is 18.7 Å². The molecule has 13 heavy (non-hydrogen) atoms. The molecule has 7 heteroatoms. The Hall–Kier alpha value is -0.620.